The van der Waals surface area contributed by atoms with Crippen LogP contribution < -0.4 is 0 Å². The fourth-order valence-electron chi connectivity index (χ4n) is 1.72. The zero-order chi connectivity index (χ0) is 14.2. The monoisotopic (exact) mass is 277 g/mol. The molecule has 1 heterocycles. The van der Waals surface area contributed by atoms with E-state index in [1.54, 1.807) is 0 Å². The van der Waals surface area contributed by atoms with Gasteiger partial charge in [0.2, 0.25) is 5.76 Å². The second kappa shape index (κ2) is 4.60. The molecule has 0 atom stereocenters. The third kappa shape index (κ3) is 3.07. The molecule has 0 bridgehead atoms. The number of halogens is 3. The number of carboxylic acid groups (broad SMARTS) is 1. The molecule has 0 aliphatic heterocycles. The van der Waals surface area contributed by atoms with Crippen molar-refractivity contribution in [2.24, 2.45) is 0 Å². The molecule has 19 heavy (non-hydrogen) atoms. The van der Waals surface area contributed by atoms with Crippen molar-refractivity contribution in [2.45, 2.75) is 25.1 Å². The molecular weight excluding hydrogens is 267 g/mol. The highest BCUT2D eigenvalue weighted by atomic mass is 19.4. The molecule has 0 radical (unpaired) electrons. The van der Waals surface area contributed by atoms with Crippen molar-refractivity contribution in [1.82, 2.24) is 4.90 Å². The lowest BCUT2D eigenvalue weighted by Crippen LogP contribution is -2.40. The van der Waals surface area contributed by atoms with Crippen molar-refractivity contribution in [3.63, 3.8) is 0 Å². The van der Waals surface area contributed by atoms with Gasteiger partial charge in [0, 0.05) is 6.04 Å². The molecule has 8 heteroatoms. The fraction of sp³-hybridized carbons (Fsp3) is 0.455. The first-order chi connectivity index (χ1) is 8.79. The van der Waals surface area contributed by atoms with Crippen molar-refractivity contribution in [3.8, 4) is 0 Å². The molecule has 1 aliphatic rings. The molecule has 1 saturated carbocycles. The van der Waals surface area contributed by atoms with Crippen LogP contribution in [0.2, 0.25) is 0 Å². The number of alkyl halides is 3. The molecule has 1 fully saturated rings. The van der Waals surface area contributed by atoms with Crippen molar-refractivity contribution < 1.29 is 32.3 Å². The number of rotatable bonds is 4. The summed E-state index contributed by atoms with van der Waals surface area (Å²) in [6.45, 7) is -1.41. The Labute approximate surface area is 105 Å². The lowest BCUT2D eigenvalue weighted by Gasteiger charge is -2.22. The first kappa shape index (κ1) is 13.4. The maximum Gasteiger partial charge on any atom is 0.406 e. The summed E-state index contributed by atoms with van der Waals surface area (Å²) in [5, 5.41) is 8.82. The Balaban J connectivity index is 2.24. The first-order valence-electron chi connectivity index (χ1n) is 5.48. The number of carbonyl (C=O) groups excluding carboxylic acids is 1. The summed E-state index contributed by atoms with van der Waals surface area (Å²) in [7, 11) is 0. The zero-order valence-corrected chi connectivity index (χ0v) is 9.61. The van der Waals surface area contributed by atoms with Crippen LogP contribution in [0, 0.1) is 0 Å². The molecule has 5 nitrogen and oxygen atoms in total. The topological polar surface area (TPSA) is 70.7 Å². The molecular formula is C11H10F3NO4. The van der Waals surface area contributed by atoms with Crippen LogP contribution >= 0.6 is 0 Å². The number of hydrogen-bond acceptors (Lipinski definition) is 3. The fourth-order valence-corrected chi connectivity index (χ4v) is 1.72. The van der Waals surface area contributed by atoms with Crippen LogP contribution in [0.4, 0.5) is 13.2 Å². The molecule has 2 rings (SSSR count). The molecule has 1 aromatic rings. The summed E-state index contributed by atoms with van der Waals surface area (Å²) in [5.41, 5.74) is -0.433. The first-order valence-corrected chi connectivity index (χ1v) is 5.48. The average Bonchev–Trinajstić information content (AvgIpc) is 3.00. The summed E-state index contributed by atoms with van der Waals surface area (Å²) in [6.07, 6.45) is -2.61. The van der Waals surface area contributed by atoms with Gasteiger partial charge in [-0.25, -0.2) is 4.79 Å². The third-order valence-electron chi connectivity index (χ3n) is 2.69. The van der Waals surface area contributed by atoms with Gasteiger partial charge in [0.15, 0.2) is 0 Å². The van der Waals surface area contributed by atoms with Gasteiger partial charge in [0.25, 0.3) is 5.91 Å². The van der Waals surface area contributed by atoms with Crippen LogP contribution in [-0.4, -0.2) is 40.6 Å². The predicted molar refractivity (Wildman–Crippen MR) is 55.8 cm³/mol. The highest BCUT2D eigenvalue weighted by Crippen LogP contribution is 2.32. The van der Waals surface area contributed by atoms with E-state index in [1.807, 2.05) is 0 Å². The quantitative estimate of drug-likeness (QED) is 0.915. The van der Waals surface area contributed by atoms with Gasteiger partial charge < -0.3 is 14.4 Å². The molecule has 1 aliphatic carbocycles. The molecule has 1 N–H and O–H groups in total. The molecule has 0 unspecified atom stereocenters. The number of carboxylic acids is 1. The Morgan fingerprint density at radius 2 is 2.05 bits per heavy atom. The number of carbonyl (C=O) groups is 2. The Hall–Kier alpha value is -1.99. The SMILES string of the molecule is O=C(O)c1ccoc1C(=O)N(CC(F)(F)F)C1CC1. The second-order valence-electron chi connectivity index (χ2n) is 4.25. The van der Waals surface area contributed by atoms with Gasteiger partial charge in [-0.1, -0.05) is 0 Å². The maximum atomic E-state index is 12.4. The maximum absolute atomic E-state index is 12.4. The molecule has 1 aromatic heterocycles. The van der Waals surface area contributed by atoms with E-state index in [1.165, 1.54) is 0 Å². The Kier molecular flexibility index (Phi) is 3.25. The van der Waals surface area contributed by atoms with Crippen molar-refractivity contribution in [3.05, 3.63) is 23.7 Å². The molecule has 1 amide bonds. The van der Waals surface area contributed by atoms with Crippen LogP contribution in [0.15, 0.2) is 16.7 Å². The second-order valence-corrected chi connectivity index (χ2v) is 4.25. The van der Waals surface area contributed by atoms with E-state index in [0.29, 0.717) is 17.7 Å². The van der Waals surface area contributed by atoms with E-state index in [0.717, 1.165) is 12.3 Å². The number of aromatic carboxylic acids is 1. The molecule has 0 aromatic carbocycles. The minimum Gasteiger partial charge on any atom is -0.478 e. The van der Waals surface area contributed by atoms with E-state index in [9.17, 15) is 22.8 Å². The van der Waals surface area contributed by atoms with Gasteiger partial charge in [-0.15, -0.1) is 0 Å². The van der Waals surface area contributed by atoms with Crippen LogP contribution in [0.1, 0.15) is 33.8 Å². The van der Waals surface area contributed by atoms with E-state index < -0.39 is 42.0 Å². The predicted octanol–water partition coefficient (Wildman–Crippen LogP) is 2.14. The van der Waals surface area contributed by atoms with E-state index in [4.69, 9.17) is 9.52 Å². The third-order valence-corrected chi connectivity index (χ3v) is 2.69. The highest BCUT2D eigenvalue weighted by molar-refractivity contribution is 6.02. The van der Waals surface area contributed by atoms with Crippen LogP contribution in [0.25, 0.3) is 0 Å². The smallest absolute Gasteiger partial charge is 0.406 e. The number of hydrogen-bond donors (Lipinski definition) is 1. The summed E-state index contributed by atoms with van der Waals surface area (Å²) in [6, 6.07) is 0.537. The molecule has 0 saturated heterocycles. The minimum atomic E-state index is -4.53. The van der Waals surface area contributed by atoms with Crippen molar-refractivity contribution >= 4 is 11.9 Å². The van der Waals surface area contributed by atoms with Gasteiger partial charge in [-0.2, -0.15) is 13.2 Å². The average molecular weight is 277 g/mol. The van der Waals surface area contributed by atoms with Crippen molar-refractivity contribution in [1.29, 1.82) is 0 Å². The number of furan rings is 1. The van der Waals surface area contributed by atoms with Crippen molar-refractivity contribution in [2.75, 3.05) is 6.54 Å². The molecule has 0 spiro atoms. The Morgan fingerprint density at radius 1 is 1.42 bits per heavy atom. The normalized spacial score (nSPS) is 15.3. The summed E-state index contributed by atoms with van der Waals surface area (Å²) >= 11 is 0. The Bertz CT molecular complexity index is 504. The van der Waals surface area contributed by atoms with Gasteiger partial charge in [0.05, 0.1) is 6.26 Å². The van der Waals surface area contributed by atoms with Crippen LogP contribution in [0.3, 0.4) is 0 Å². The van der Waals surface area contributed by atoms with Gasteiger partial charge in [-0.05, 0) is 18.9 Å². The lowest BCUT2D eigenvalue weighted by molar-refractivity contribution is -0.141. The van der Waals surface area contributed by atoms with Crippen LogP contribution in [-0.2, 0) is 0 Å². The standard InChI is InChI=1S/C11H10F3NO4/c12-11(13,14)5-15(6-1-2-6)9(16)8-7(10(17)18)3-4-19-8/h3-4,6H,1-2,5H2,(H,17,18). The Morgan fingerprint density at radius 3 is 2.53 bits per heavy atom. The summed E-state index contributed by atoms with van der Waals surface area (Å²) in [5.74, 6) is -3.02. The summed E-state index contributed by atoms with van der Waals surface area (Å²) < 4.78 is 42.0. The highest BCUT2D eigenvalue weighted by Gasteiger charge is 2.42. The van der Waals surface area contributed by atoms with Gasteiger partial charge >= 0.3 is 12.1 Å². The summed E-state index contributed by atoms with van der Waals surface area (Å²) in [4.78, 5) is 23.4. The number of amides is 1. The largest absolute Gasteiger partial charge is 0.478 e. The minimum absolute atomic E-state index is 0.433. The van der Waals surface area contributed by atoms with E-state index in [-0.39, 0.29) is 0 Å². The van der Waals surface area contributed by atoms with Crippen LogP contribution in [0.5, 0.6) is 0 Å². The van der Waals surface area contributed by atoms with Gasteiger partial charge in [-0.3, -0.25) is 4.79 Å². The van der Waals surface area contributed by atoms with E-state index in [2.05, 4.69) is 0 Å². The zero-order valence-electron chi connectivity index (χ0n) is 9.61. The van der Waals surface area contributed by atoms with E-state index >= 15 is 0 Å². The number of nitrogens with zero attached hydrogens (tertiary/aromatic N) is 1. The lowest BCUT2D eigenvalue weighted by atomic mass is 10.2. The molecule has 104 valence electrons. The van der Waals surface area contributed by atoms with Gasteiger partial charge in [0.1, 0.15) is 12.1 Å².